The Bertz CT molecular complexity index is 1230. The van der Waals surface area contributed by atoms with E-state index in [1.165, 1.54) is 11.9 Å². The third kappa shape index (κ3) is 6.76. The van der Waals surface area contributed by atoms with Gasteiger partial charge in [-0.1, -0.05) is 36.1 Å². The Kier molecular flexibility index (Phi) is 8.27. The van der Waals surface area contributed by atoms with E-state index in [9.17, 15) is 19.4 Å². The molecule has 7 nitrogen and oxygen atoms in total. The highest BCUT2D eigenvalue weighted by atomic mass is 19.1. The van der Waals surface area contributed by atoms with Gasteiger partial charge in [0.25, 0.3) is 5.56 Å². The third-order valence-corrected chi connectivity index (χ3v) is 5.99. The monoisotopic (exact) mass is 476 g/mol. The van der Waals surface area contributed by atoms with Gasteiger partial charge in [-0.15, -0.1) is 0 Å². The molecule has 8 heteroatoms. The predicted octanol–water partition coefficient (Wildman–Crippen LogP) is 1.94. The normalized spacial score (nSPS) is 14.7. The second-order valence-electron chi connectivity index (χ2n) is 8.75. The summed E-state index contributed by atoms with van der Waals surface area (Å²) in [6, 6.07) is 15.9. The zero-order valence-electron chi connectivity index (χ0n) is 19.4. The van der Waals surface area contributed by atoms with Crippen molar-refractivity contribution < 1.29 is 14.6 Å². The number of aliphatic hydroxyl groups is 1. The first-order valence-electron chi connectivity index (χ1n) is 11.7. The van der Waals surface area contributed by atoms with Gasteiger partial charge in [-0.3, -0.25) is 9.69 Å². The molecule has 0 spiro atoms. The highest BCUT2D eigenvalue weighted by Crippen LogP contribution is 2.23. The molecule has 1 unspecified atom stereocenters. The molecule has 4 N–H and O–H groups in total. The molecule has 0 aliphatic carbocycles. The molecule has 0 bridgehead atoms. The molecule has 1 atom stereocenters. The van der Waals surface area contributed by atoms with Crippen molar-refractivity contribution in [2.75, 3.05) is 32.9 Å². The van der Waals surface area contributed by atoms with Crippen LogP contribution in [-0.4, -0.2) is 64.0 Å². The van der Waals surface area contributed by atoms with Crippen LogP contribution in [0, 0.1) is 11.8 Å². The Balaban J connectivity index is 1.40. The molecule has 1 saturated heterocycles. The Morgan fingerprint density at radius 3 is 2.31 bits per heavy atom. The van der Waals surface area contributed by atoms with Crippen LogP contribution in [0.4, 0.5) is 4.39 Å². The van der Waals surface area contributed by atoms with E-state index in [1.807, 2.05) is 36.4 Å². The van der Waals surface area contributed by atoms with Crippen LogP contribution in [0.1, 0.15) is 33.9 Å². The van der Waals surface area contributed by atoms with E-state index < -0.39 is 18.0 Å². The summed E-state index contributed by atoms with van der Waals surface area (Å²) in [5, 5.41) is 22.6. The van der Waals surface area contributed by atoms with Crippen LogP contribution in [0.2, 0.25) is 0 Å². The fourth-order valence-corrected chi connectivity index (χ4v) is 4.09. The maximum absolute atomic E-state index is 12.6. The van der Waals surface area contributed by atoms with Gasteiger partial charge in [0.1, 0.15) is 6.67 Å². The van der Waals surface area contributed by atoms with E-state index in [2.05, 4.69) is 44.2 Å². The number of aliphatic hydroxyl groups excluding tert-OH is 1. The number of β-amino-alcohol motifs (C(OH)–C–C–N with tert-alkyl or cyclic N) is 1. The average Bonchev–Trinajstić information content (AvgIpc) is 2.85. The fourth-order valence-electron chi connectivity index (χ4n) is 4.09. The van der Waals surface area contributed by atoms with Crippen LogP contribution in [0.25, 0.3) is 0 Å². The fraction of sp³-hybridized carbons (Fsp3) is 0.333. The zero-order chi connectivity index (χ0) is 24.6. The lowest BCUT2D eigenvalue weighted by Gasteiger charge is -2.35. The minimum Gasteiger partial charge on any atom is -0.502 e. The highest BCUT2D eigenvalue weighted by molar-refractivity contribution is 5.44. The lowest BCUT2D eigenvalue weighted by molar-refractivity contribution is -0.00286. The summed E-state index contributed by atoms with van der Waals surface area (Å²) in [6.45, 7) is 2.37. The first-order valence-corrected chi connectivity index (χ1v) is 11.7. The van der Waals surface area contributed by atoms with E-state index >= 15 is 0 Å². The smallest absolute Gasteiger partial charge is 0.293 e. The summed E-state index contributed by atoms with van der Waals surface area (Å²) in [5.41, 5.74) is 3.68. The van der Waals surface area contributed by atoms with Crippen LogP contribution in [0.3, 0.4) is 0 Å². The minimum absolute atomic E-state index is 0.192. The van der Waals surface area contributed by atoms with Gasteiger partial charge in [0.05, 0.1) is 18.1 Å². The predicted molar refractivity (Wildman–Crippen MR) is 132 cm³/mol. The largest absolute Gasteiger partial charge is 0.502 e. The molecule has 4 rings (SSSR count). The van der Waals surface area contributed by atoms with E-state index in [0.29, 0.717) is 13.0 Å². The van der Waals surface area contributed by atoms with E-state index in [1.54, 1.807) is 0 Å². The number of aromatic nitrogens is 2. The van der Waals surface area contributed by atoms with Crippen molar-refractivity contribution >= 4 is 0 Å². The van der Waals surface area contributed by atoms with Gasteiger partial charge in [-0.2, -0.15) is 0 Å². The topological polar surface area (TPSA) is 101 Å². The second-order valence-corrected chi connectivity index (χ2v) is 8.75. The quantitative estimate of drug-likeness (QED) is 0.278. The lowest BCUT2D eigenvalue weighted by Crippen LogP contribution is -2.49. The first kappa shape index (κ1) is 24.6. The van der Waals surface area contributed by atoms with Gasteiger partial charge in [0.15, 0.2) is 0 Å². The molecular weight excluding hydrogens is 447 g/mol. The van der Waals surface area contributed by atoms with Crippen molar-refractivity contribution in [1.82, 2.24) is 20.2 Å². The zero-order valence-corrected chi connectivity index (χ0v) is 19.4. The number of nitrogens with zero attached hydrogens (tertiary/aromatic N) is 2. The number of H-pyrrole nitrogens is 1. The molecule has 1 fully saturated rings. The second kappa shape index (κ2) is 11.8. The first-order chi connectivity index (χ1) is 17.0. The number of benzene rings is 2. The Labute approximate surface area is 203 Å². The van der Waals surface area contributed by atoms with Crippen LogP contribution in [0.15, 0.2) is 59.7 Å². The Hall–Kier alpha value is -3.51. The van der Waals surface area contributed by atoms with Gasteiger partial charge in [0.2, 0.25) is 5.75 Å². The molecule has 2 aromatic carbocycles. The van der Waals surface area contributed by atoms with Crippen molar-refractivity contribution in [2.24, 2.45) is 0 Å². The molecule has 182 valence electrons. The van der Waals surface area contributed by atoms with Crippen molar-refractivity contribution in [2.45, 2.75) is 25.0 Å². The number of aromatic hydroxyl groups is 1. The SMILES string of the molecule is O=c1[nH]cnc(C(CNCCF)Cc2ccc(C#Cc3ccc(CN4CC(O)C4)cc3)cc2)c1O. The summed E-state index contributed by atoms with van der Waals surface area (Å²) in [5.74, 6) is 5.66. The van der Waals surface area contributed by atoms with Crippen molar-refractivity contribution in [3.8, 4) is 17.6 Å². The van der Waals surface area contributed by atoms with E-state index in [0.717, 1.165) is 36.3 Å². The van der Waals surface area contributed by atoms with E-state index in [4.69, 9.17) is 0 Å². The van der Waals surface area contributed by atoms with Crippen molar-refractivity contribution in [1.29, 1.82) is 0 Å². The van der Waals surface area contributed by atoms with Crippen LogP contribution >= 0.6 is 0 Å². The number of alkyl halides is 1. The molecule has 1 aliphatic heterocycles. The number of rotatable bonds is 9. The Morgan fingerprint density at radius 2 is 1.71 bits per heavy atom. The van der Waals surface area contributed by atoms with Gasteiger partial charge < -0.3 is 20.5 Å². The van der Waals surface area contributed by atoms with Crippen molar-refractivity contribution in [3.05, 3.63) is 93.2 Å². The summed E-state index contributed by atoms with van der Waals surface area (Å²) >= 11 is 0. The van der Waals surface area contributed by atoms with E-state index in [-0.39, 0.29) is 24.3 Å². The summed E-state index contributed by atoms with van der Waals surface area (Å²) in [6.07, 6.45) is 1.59. The number of hydrogen-bond acceptors (Lipinski definition) is 6. The molecule has 0 amide bonds. The molecule has 1 aliphatic rings. The summed E-state index contributed by atoms with van der Waals surface area (Å²) < 4.78 is 12.6. The number of nitrogens with one attached hydrogen (secondary N) is 2. The molecule has 0 saturated carbocycles. The van der Waals surface area contributed by atoms with Crippen molar-refractivity contribution in [3.63, 3.8) is 0 Å². The molecule has 2 heterocycles. The average molecular weight is 477 g/mol. The third-order valence-electron chi connectivity index (χ3n) is 5.99. The standard InChI is InChI=1S/C27H29FN4O3/c28-11-12-29-14-23(25-26(34)27(35)31-18-30-25)13-21-7-3-19(4-8-21)1-2-20-5-9-22(10-6-20)15-32-16-24(33)17-32/h3-10,18,23-24,29,33-34H,11-17H2,(H,30,31,35). The maximum atomic E-state index is 12.6. The lowest BCUT2D eigenvalue weighted by atomic mass is 9.94. The van der Waals surface area contributed by atoms with Crippen LogP contribution in [0.5, 0.6) is 5.75 Å². The van der Waals surface area contributed by atoms with Gasteiger partial charge >= 0.3 is 0 Å². The van der Waals surface area contributed by atoms with Gasteiger partial charge in [0, 0.05) is 49.8 Å². The number of halogens is 1. The van der Waals surface area contributed by atoms with Gasteiger partial charge in [-0.05, 0) is 41.8 Å². The van der Waals surface area contributed by atoms with Crippen LogP contribution < -0.4 is 10.9 Å². The molecule has 35 heavy (non-hydrogen) atoms. The molecule has 1 aromatic heterocycles. The summed E-state index contributed by atoms with van der Waals surface area (Å²) in [4.78, 5) is 20.5. The summed E-state index contributed by atoms with van der Waals surface area (Å²) in [7, 11) is 0. The molecular formula is C27H29FN4O3. The maximum Gasteiger partial charge on any atom is 0.293 e. The number of aromatic amines is 1. The molecule has 3 aromatic rings. The Morgan fingerprint density at radius 1 is 1.09 bits per heavy atom. The number of hydrogen-bond donors (Lipinski definition) is 4. The van der Waals surface area contributed by atoms with Crippen LogP contribution in [-0.2, 0) is 13.0 Å². The van der Waals surface area contributed by atoms with Gasteiger partial charge in [-0.25, -0.2) is 9.37 Å². The minimum atomic E-state index is -0.594. The highest BCUT2D eigenvalue weighted by Gasteiger charge is 2.23. The molecule has 0 radical (unpaired) electrons. The number of likely N-dealkylation sites (tertiary alicyclic amines) is 1.